The highest BCUT2D eigenvalue weighted by atomic mass is 32.2. The third-order valence-electron chi connectivity index (χ3n) is 5.69. The van der Waals surface area contributed by atoms with E-state index in [9.17, 15) is 8.42 Å². The molecule has 1 fully saturated rings. The Morgan fingerprint density at radius 1 is 1.20 bits per heavy atom. The zero-order valence-corrected chi connectivity index (χ0v) is 18.0. The van der Waals surface area contributed by atoms with Crippen LogP contribution in [0.25, 0.3) is 17.2 Å². The van der Waals surface area contributed by atoms with Crippen LogP contribution in [0.1, 0.15) is 37.1 Å². The van der Waals surface area contributed by atoms with Crippen molar-refractivity contribution in [1.29, 1.82) is 0 Å². The molecule has 10 heteroatoms. The van der Waals surface area contributed by atoms with Gasteiger partial charge in [0.25, 0.3) is 0 Å². The van der Waals surface area contributed by atoms with Crippen LogP contribution >= 0.6 is 0 Å². The van der Waals surface area contributed by atoms with Crippen LogP contribution in [0.2, 0.25) is 0 Å². The Labute approximate surface area is 175 Å². The molecule has 0 atom stereocenters. The van der Waals surface area contributed by atoms with Gasteiger partial charge in [-0.1, -0.05) is 6.07 Å². The largest absolute Gasteiger partial charge is 0.491 e. The number of ether oxygens (including phenoxy) is 1. The van der Waals surface area contributed by atoms with Crippen LogP contribution in [0.5, 0.6) is 5.75 Å². The molecule has 0 saturated carbocycles. The number of sulfonamides is 1. The van der Waals surface area contributed by atoms with Gasteiger partial charge in [0.1, 0.15) is 23.5 Å². The van der Waals surface area contributed by atoms with Crippen molar-refractivity contribution in [2.45, 2.75) is 32.2 Å². The van der Waals surface area contributed by atoms with E-state index in [0.717, 1.165) is 40.6 Å². The van der Waals surface area contributed by atoms with Crippen molar-refractivity contribution >= 4 is 10.0 Å². The van der Waals surface area contributed by atoms with E-state index in [1.165, 1.54) is 10.6 Å². The Hall–Kier alpha value is -2.72. The highest BCUT2D eigenvalue weighted by Gasteiger charge is 2.34. The summed E-state index contributed by atoms with van der Waals surface area (Å²) in [5, 5.41) is 9.17. The fourth-order valence-corrected chi connectivity index (χ4v) is 4.89. The standard InChI is InChI=1S/C20H24N6O3S/c1-13(2)25-20(21-12-22-25)17-9-16-6-7-29-19-5-4-14(8-18(19)26(16)23-17)15-10-24(11-15)30(3,27)28/h4-5,8-9,12-13,15H,6-7,10-11H2,1-3H3. The normalized spacial score (nSPS) is 17.2. The predicted octanol–water partition coefficient (Wildman–Crippen LogP) is 2.01. The van der Waals surface area contributed by atoms with Crippen molar-refractivity contribution in [2.75, 3.05) is 26.0 Å². The van der Waals surface area contributed by atoms with E-state index < -0.39 is 10.0 Å². The van der Waals surface area contributed by atoms with Gasteiger partial charge in [-0.05, 0) is 37.6 Å². The molecule has 0 radical (unpaired) electrons. The second-order valence-corrected chi connectivity index (χ2v) is 10.1. The third-order valence-corrected chi connectivity index (χ3v) is 6.93. The number of hydrogen-bond donors (Lipinski definition) is 0. The van der Waals surface area contributed by atoms with E-state index in [-0.39, 0.29) is 12.0 Å². The molecule has 30 heavy (non-hydrogen) atoms. The Morgan fingerprint density at radius 2 is 2.00 bits per heavy atom. The molecule has 2 aliphatic rings. The fraction of sp³-hybridized carbons (Fsp3) is 0.450. The monoisotopic (exact) mass is 428 g/mol. The van der Waals surface area contributed by atoms with Crippen LogP contribution < -0.4 is 4.74 Å². The van der Waals surface area contributed by atoms with E-state index in [4.69, 9.17) is 9.84 Å². The minimum absolute atomic E-state index is 0.177. The van der Waals surface area contributed by atoms with Crippen LogP contribution in [0, 0.1) is 0 Å². The van der Waals surface area contributed by atoms with Gasteiger partial charge in [0.05, 0.1) is 12.9 Å². The summed E-state index contributed by atoms with van der Waals surface area (Å²) in [6.07, 6.45) is 3.54. The predicted molar refractivity (Wildman–Crippen MR) is 111 cm³/mol. The molecule has 1 saturated heterocycles. The number of nitrogens with zero attached hydrogens (tertiary/aromatic N) is 6. The van der Waals surface area contributed by atoms with E-state index >= 15 is 0 Å². The van der Waals surface area contributed by atoms with E-state index in [0.29, 0.717) is 19.7 Å². The summed E-state index contributed by atoms with van der Waals surface area (Å²) in [5.41, 5.74) is 3.79. The molecule has 0 aliphatic carbocycles. The Kier molecular flexibility index (Phi) is 4.44. The van der Waals surface area contributed by atoms with Crippen molar-refractivity contribution in [2.24, 2.45) is 0 Å². The smallest absolute Gasteiger partial charge is 0.211 e. The van der Waals surface area contributed by atoms with Crippen molar-refractivity contribution in [1.82, 2.24) is 28.9 Å². The number of benzene rings is 1. The van der Waals surface area contributed by atoms with Gasteiger partial charge >= 0.3 is 0 Å². The summed E-state index contributed by atoms with van der Waals surface area (Å²) in [6, 6.07) is 8.28. The summed E-state index contributed by atoms with van der Waals surface area (Å²) in [5.74, 6) is 1.69. The highest BCUT2D eigenvalue weighted by molar-refractivity contribution is 7.88. The Morgan fingerprint density at radius 3 is 2.73 bits per heavy atom. The molecule has 5 rings (SSSR count). The number of aromatic nitrogens is 5. The summed E-state index contributed by atoms with van der Waals surface area (Å²) in [4.78, 5) is 4.41. The molecule has 9 nitrogen and oxygen atoms in total. The highest BCUT2D eigenvalue weighted by Crippen LogP contribution is 2.35. The maximum absolute atomic E-state index is 11.7. The molecule has 3 aromatic rings. The molecule has 0 bridgehead atoms. The number of rotatable bonds is 4. The minimum atomic E-state index is -3.14. The van der Waals surface area contributed by atoms with Crippen molar-refractivity contribution in [3.8, 4) is 23.0 Å². The van der Waals surface area contributed by atoms with Gasteiger partial charge in [0.2, 0.25) is 10.0 Å². The van der Waals surface area contributed by atoms with Crippen molar-refractivity contribution < 1.29 is 13.2 Å². The molecule has 0 amide bonds. The second kappa shape index (κ2) is 6.92. The molecule has 2 aromatic heterocycles. The van der Waals surface area contributed by atoms with E-state index in [1.54, 1.807) is 6.33 Å². The van der Waals surface area contributed by atoms with Crippen molar-refractivity contribution in [3.63, 3.8) is 0 Å². The average Bonchev–Trinajstić information content (AvgIpc) is 3.24. The zero-order valence-electron chi connectivity index (χ0n) is 17.2. The van der Waals surface area contributed by atoms with Crippen LogP contribution in [0.3, 0.4) is 0 Å². The summed E-state index contributed by atoms with van der Waals surface area (Å²) in [7, 11) is -3.14. The van der Waals surface area contributed by atoms with Gasteiger partial charge in [-0.2, -0.15) is 10.2 Å². The topological polar surface area (TPSA) is 95.1 Å². The van der Waals surface area contributed by atoms with Crippen LogP contribution in [-0.4, -0.2) is 63.2 Å². The van der Waals surface area contributed by atoms with E-state index in [1.807, 2.05) is 27.6 Å². The van der Waals surface area contributed by atoms with Gasteiger partial charge in [0, 0.05) is 37.2 Å². The fourth-order valence-electron chi connectivity index (χ4n) is 3.99. The Bertz CT molecular complexity index is 1210. The lowest BCUT2D eigenvalue weighted by atomic mass is 9.93. The molecular weight excluding hydrogens is 404 g/mol. The lowest BCUT2D eigenvalue weighted by Gasteiger charge is -2.37. The first-order valence-corrected chi connectivity index (χ1v) is 11.9. The van der Waals surface area contributed by atoms with Gasteiger partial charge in [-0.15, -0.1) is 0 Å². The molecule has 1 aromatic carbocycles. The van der Waals surface area contributed by atoms with E-state index in [2.05, 4.69) is 30.0 Å². The first-order chi connectivity index (χ1) is 14.3. The molecule has 0 N–H and O–H groups in total. The van der Waals surface area contributed by atoms with Gasteiger partial charge in [-0.3, -0.25) is 0 Å². The van der Waals surface area contributed by atoms with Crippen LogP contribution in [0.15, 0.2) is 30.6 Å². The molecule has 4 heterocycles. The minimum Gasteiger partial charge on any atom is -0.491 e. The van der Waals surface area contributed by atoms with Gasteiger partial charge < -0.3 is 4.74 Å². The number of fused-ring (bicyclic) bond motifs is 3. The average molecular weight is 429 g/mol. The SMILES string of the molecule is CC(C)n1ncnc1-c1cc2n(n1)-c1cc(C3CN(S(C)(=O)=O)C3)ccc1OCC2. The first kappa shape index (κ1) is 19.3. The molecular formula is C20H24N6O3S. The summed E-state index contributed by atoms with van der Waals surface area (Å²) in [6.45, 7) is 5.71. The second-order valence-electron chi connectivity index (χ2n) is 8.16. The maximum Gasteiger partial charge on any atom is 0.211 e. The van der Waals surface area contributed by atoms with Crippen LogP contribution in [0.4, 0.5) is 0 Å². The zero-order chi connectivity index (χ0) is 21.0. The quantitative estimate of drug-likeness (QED) is 0.631. The lowest BCUT2D eigenvalue weighted by Crippen LogP contribution is -2.47. The summed E-state index contributed by atoms with van der Waals surface area (Å²) < 4.78 is 34.6. The van der Waals surface area contributed by atoms with Crippen molar-refractivity contribution in [3.05, 3.63) is 41.9 Å². The molecule has 2 aliphatic heterocycles. The molecule has 0 unspecified atom stereocenters. The van der Waals surface area contributed by atoms with Gasteiger partial charge in [-0.25, -0.2) is 27.1 Å². The first-order valence-electron chi connectivity index (χ1n) is 10.0. The van der Waals surface area contributed by atoms with Gasteiger partial charge in [0.15, 0.2) is 5.82 Å². The van der Waals surface area contributed by atoms with Crippen LogP contribution in [-0.2, 0) is 16.4 Å². The maximum atomic E-state index is 11.7. The lowest BCUT2D eigenvalue weighted by molar-refractivity contribution is 0.265. The molecule has 158 valence electrons. The summed E-state index contributed by atoms with van der Waals surface area (Å²) >= 11 is 0. The molecule has 0 spiro atoms. The third kappa shape index (κ3) is 3.20. The Balaban J connectivity index is 1.52. The number of hydrogen-bond acceptors (Lipinski definition) is 6.